The molecule has 1 aromatic heterocycles. The van der Waals surface area contributed by atoms with Gasteiger partial charge in [0.25, 0.3) is 0 Å². The van der Waals surface area contributed by atoms with Gasteiger partial charge < -0.3 is 10.6 Å². The number of rotatable bonds is 3. The second kappa shape index (κ2) is 5.84. The van der Waals surface area contributed by atoms with E-state index in [0.717, 1.165) is 43.1 Å². The number of anilines is 1. The average molecular weight is 278 g/mol. The first-order chi connectivity index (χ1) is 9.00. The van der Waals surface area contributed by atoms with Crippen molar-refractivity contribution in [2.75, 3.05) is 31.1 Å². The Morgan fingerprint density at radius 2 is 1.95 bits per heavy atom. The number of nitrogens with zero attached hydrogens (tertiary/aromatic N) is 3. The maximum absolute atomic E-state index is 5.85. The van der Waals surface area contributed by atoms with Gasteiger partial charge in [0.05, 0.1) is 5.56 Å². The molecule has 0 aliphatic carbocycles. The summed E-state index contributed by atoms with van der Waals surface area (Å²) < 4.78 is 0. The Labute approximate surface area is 120 Å². The maximum Gasteiger partial charge on any atom is 0.139 e. The molecule has 0 spiro atoms. The molecular weight excluding hydrogens is 256 g/mol. The van der Waals surface area contributed by atoms with E-state index in [-0.39, 0.29) is 0 Å². The molecule has 0 bridgehead atoms. The summed E-state index contributed by atoms with van der Waals surface area (Å²) >= 11 is 5.17. The van der Waals surface area contributed by atoms with Crippen molar-refractivity contribution in [3.63, 3.8) is 0 Å². The van der Waals surface area contributed by atoms with Gasteiger partial charge in [-0.1, -0.05) is 12.2 Å². The summed E-state index contributed by atoms with van der Waals surface area (Å²) in [7, 11) is 0. The fraction of sp³-hybridized carbons (Fsp3) is 0.571. The highest BCUT2D eigenvalue weighted by atomic mass is 32.1. The Bertz CT molecular complexity index is 465. The van der Waals surface area contributed by atoms with E-state index >= 15 is 0 Å². The largest absolute Gasteiger partial charge is 0.389 e. The van der Waals surface area contributed by atoms with Crippen LogP contribution in [-0.2, 0) is 0 Å². The molecule has 2 rings (SSSR count). The van der Waals surface area contributed by atoms with Crippen LogP contribution in [0.1, 0.15) is 25.0 Å². The van der Waals surface area contributed by atoms with E-state index in [0.29, 0.717) is 11.0 Å². The molecule has 0 atom stereocenters. The Kier molecular flexibility index (Phi) is 4.37. The Hall–Kier alpha value is -1.20. The van der Waals surface area contributed by atoms with Gasteiger partial charge in [-0.3, -0.25) is 4.90 Å². The van der Waals surface area contributed by atoms with E-state index in [1.165, 1.54) is 0 Å². The molecule has 1 aliphatic rings. The average Bonchev–Trinajstić information content (AvgIpc) is 2.38. The molecular formula is C14H22N4S. The molecule has 104 valence electrons. The molecule has 19 heavy (non-hydrogen) atoms. The molecule has 0 saturated carbocycles. The van der Waals surface area contributed by atoms with Crippen molar-refractivity contribution in [3.8, 4) is 0 Å². The van der Waals surface area contributed by atoms with Crippen LogP contribution in [0.2, 0.25) is 0 Å². The zero-order valence-electron chi connectivity index (χ0n) is 11.9. The van der Waals surface area contributed by atoms with Crippen LogP contribution >= 0.6 is 12.2 Å². The standard InChI is InChI=1S/C14H22N4S/c1-10(2)17-6-8-18(9-7-17)14-12(13(15)19)11(3)4-5-16-14/h4-5,10H,6-9H2,1-3H3,(H2,15,19). The van der Waals surface area contributed by atoms with Crippen LogP contribution < -0.4 is 10.6 Å². The molecule has 1 saturated heterocycles. The maximum atomic E-state index is 5.85. The lowest BCUT2D eigenvalue weighted by Gasteiger charge is -2.38. The van der Waals surface area contributed by atoms with Gasteiger partial charge >= 0.3 is 0 Å². The molecule has 5 heteroatoms. The molecule has 0 aromatic carbocycles. The first-order valence-corrected chi connectivity index (χ1v) is 7.16. The third-order valence-corrected chi connectivity index (χ3v) is 3.93. The third-order valence-electron chi connectivity index (χ3n) is 3.73. The number of pyridine rings is 1. The smallest absolute Gasteiger partial charge is 0.139 e. The van der Waals surface area contributed by atoms with Crippen molar-refractivity contribution in [1.82, 2.24) is 9.88 Å². The van der Waals surface area contributed by atoms with Crippen molar-refractivity contribution in [2.24, 2.45) is 5.73 Å². The topological polar surface area (TPSA) is 45.4 Å². The number of nitrogens with two attached hydrogens (primary N) is 1. The summed E-state index contributed by atoms with van der Waals surface area (Å²) in [6.45, 7) is 10.6. The molecule has 0 amide bonds. The van der Waals surface area contributed by atoms with Gasteiger partial charge in [0, 0.05) is 38.4 Å². The first-order valence-electron chi connectivity index (χ1n) is 6.75. The van der Waals surface area contributed by atoms with Crippen LogP contribution in [0.15, 0.2) is 12.3 Å². The number of piperazine rings is 1. The Balaban J connectivity index is 2.20. The van der Waals surface area contributed by atoms with Crippen molar-refractivity contribution in [3.05, 3.63) is 23.4 Å². The third kappa shape index (κ3) is 3.04. The number of hydrogen-bond donors (Lipinski definition) is 1. The van der Waals surface area contributed by atoms with Crippen LogP contribution in [0.25, 0.3) is 0 Å². The van der Waals surface area contributed by atoms with E-state index < -0.39 is 0 Å². The van der Waals surface area contributed by atoms with Gasteiger partial charge in [0.2, 0.25) is 0 Å². The van der Waals surface area contributed by atoms with Crippen molar-refractivity contribution < 1.29 is 0 Å². The van der Waals surface area contributed by atoms with E-state index in [1.54, 1.807) is 0 Å². The molecule has 2 N–H and O–H groups in total. The SMILES string of the molecule is Cc1ccnc(N2CCN(C(C)C)CC2)c1C(N)=S. The highest BCUT2D eigenvalue weighted by Gasteiger charge is 2.22. The second-order valence-electron chi connectivity index (χ2n) is 5.31. The quantitative estimate of drug-likeness (QED) is 0.850. The van der Waals surface area contributed by atoms with E-state index in [9.17, 15) is 0 Å². The van der Waals surface area contributed by atoms with E-state index in [4.69, 9.17) is 18.0 Å². The second-order valence-corrected chi connectivity index (χ2v) is 5.75. The fourth-order valence-electron chi connectivity index (χ4n) is 2.54. The summed E-state index contributed by atoms with van der Waals surface area (Å²) in [6.07, 6.45) is 1.83. The molecule has 0 unspecified atom stereocenters. The van der Waals surface area contributed by atoms with E-state index in [2.05, 4.69) is 28.6 Å². The first kappa shape index (κ1) is 14.2. The summed E-state index contributed by atoms with van der Waals surface area (Å²) in [5, 5.41) is 0. The molecule has 1 fully saturated rings. The van der Waals surface area contributed by atoms with Crippen LogP contribution in [0, 0.1) is 6.92 Å². The van der Waals surface area contributed by atoms with Gasteiger partial charge in [-0.15, -0.1) is 0 Å². The Morgan fingerprint density at radius 3 is 2.47 bits per heavy atom. The van der Waals surface area contributed by atoms with Gasteiger partial charge in [-0.25, -0.2) is 4.98 Å². The van der Waals surface area contributed by atoms with Crippen molar-refractivity contribution >= 4 is 23.0 Å². The molecule has 2 heterocycles. The number of thiocarbonyl (C=S) groups is 1. The molecule has 0 radical (unpaired) electrons. The van der Waals surface area contributed by atoms with E-state index in [1.807, 2.05) is 19.2 Å². The minimum absolute atomic E-state index is 0.437. The minimum atomic E-state index is 0.437. The molecule has 4 nitrogen and oxygen atoms in total. The summed E-state index contributed by atoms with van der Waals surface area (Å²) in [5.74, 6) is 0.941. The molecule has 1 aliphatic heterocycles. The lowest BCUT2D eigenvalue weighted by Crippen LogP contribution is -2.49. The van der Waals surface area contributed by atoms with Crippen molar-refractivity contribution in [1.29, 1.82) is 0 Å². The van der Waals surface area contributed by atoms with Crippen molar-refractivity contribution in [2.45, 2.75) is 26.8 Å². The fourth-order valence-corrected chi connectivity index (χ4v) is 2.79. The number of hydrogen-bond acceptors (Lipinski definition) is 4. The zero-order valence-corrected chi connectivity index (χ0v) is 12.7. The lowest BCUT2D eigenvalue weighted by atomic mass is 10.1. The van der Waals surface area contributed by atoms with Gasteiger partial charge in [0.1, 0.15) is 10.8 Å². The normalized spacial score (nSPS) is 16.9. The monoisotopic (exact) mass is 278 g/mol. The Morgan fingerprint density at radius 1 is 1.32 bits per heavy atom. The minimum Gasteiger partial charge on any atom is -0.389 e. The van der Waals surface area contributed by atoms with Gasteiger partial charge in [-0.2, -0.15) is 0 Å². The predicted octanol–water partition coefficient (Wildman–Crippen LogP) is 1.55. The van der Waals surface area contributed by atoms with Crippen LogP contribution in [-0.4, -0.2) is 47.1 Å². The highest BCUT2D eigenvalue weighted by Crippen LogP contribution is 2.22. The van der Waals surface area contributed by atoms with Gasteiger partial charge in [-0.05, 0) is 32.4 Å². The van der Waals surface area contributed by atoms with Crippen LogP contribution in [0.4, 0.5) is 5.82 Å². The number of aryl methyl sites for hydroxylation is 1. The summed E-state index contributed by atoms with van der Waals surface area (Å²) in [6, 6.07) is 2.56. The van der Waals surface area contributed by atoms with Crippen LogP contribution in [0.5, 0.6) is 0 Å². The highest BCUT2D eigenvalue weighted by molar-refractivity contribution is 7.80. The summed E-state index contributed by atoms with van der Waals surface area (Å²) in [5.41, 5.74) is 7.88. The lowest BCUT2D eigenvalue weighted by molar-refractivity contribution is 0.209. The zero-order chi connectivity index (χ0) is 14.0. The number of aromatic nitrogens is 1. The predicted molar refractivity (Wildman–Crippen MR) is 83.8 cm³/mol. The molecule has 1 aromatic rings. The van der Waals surface area contributed by atoms with Crippen LogP contribution in [0.3, 0.4) is 0 Å². The van der Waals surface area contributed by atoms with Gasteiger partial charge in [0.15, 0.2) is 0 Å². The summed E-state index contributed by atoms with van der Waals surface area (Å²) in [4.78, 5) is 9.70.